The average molecular weight is 368 g/mol. The third-order valence-electron chi connectivity index (χ3n) is 4.49. The van der Waals surface area contributed by atoms with Crippen molar-refractivity contribution < 1.29 is 4.79 Å². The van der Waals surface area contributed by atoms with Gasteiger partial charge in [-0.1, -0.05) is 6.07 Å². The first-order valence-corrected chi connectivity index (χ1v) is 9.36. The van der Waals surface area contributed by atoms with Crippen LogP contribution in [0.3, 0.4) is 0 Å². The van der Waals surface area contributed by atoms with Crippen LogP contribution in [0.4, 0.5) is 0 Å². The monoisotopic (exact) mass is 368 g/mol. The minimum absolute atomic E-state index is 0.0458. The Labute approximate surface area is 155 Å². The van der Waals surface area contributed by atoms with Crippen LogP contribution in [0, 0.1) is 0 Å². The number of hydrogen-bond acceptors (Lipinski definition) is 6. The van der Waals surface area contributed by atoms with Gasteiger partial charge in [-0.3, -0.25) is 19.4 Å². The molecule has 4 heterocycles. The molecule has 26 heavy (non-hydrogen) atoms. The molecule has 3 aromatic rings. The molecule has 0 spiro atoms. The lowest BCUT2D eigenvalue weighted by Gasteiger charge is -2.34. The number of carbonyl (C=O) groups excluding carboxylic acids is 1. The quantitative estimate of drug-likeness (QED) is 0.689. The zero-order valence-electron chi connectivity index (χ0n) is 14.5. The highest BCUT2D eigenvalue weighted by Crippen LogP contribution is 2.24. The summed E-state index contributed by atoms with van der Waals surface area (Å²) in [6.07, 6.45) is 5.33. The maximum Gasteiger partial charge on any atom is 0.248 e. The lowest BCUT2D eigenvalue weighted by molar-refractivity contribution is -0.135. The molecule has 0 aromatic carbocycles. The zero-order valence-corrected chi connectivity index (χ0v) is 15.3. The zero-order chi connectivity index (χ0) is 17.9. The molecule has 0 bridgehead atoms. The molecule has 8 heteroatoms. The van der Waals surface area contributed by atoms with Crippen molar-refractivity contribution >= 4 is 17.2 Å². The van der Waals surface area contributed by atoms with E-state index in [1.165, 1.54) is 0 Å². The number of aromatic nitrogens is 4. The van der Waals surface area contributed by atoms with Gasteiger partial charge < -0.3 is 4.90 Å². The van der Waals surface area contributed by atoms with Crippen molar-refractivity contribution in [3.8, 4) is 0 Å². The first-order chi connectivity index (χ1) is 12.7. The third-order valence-corrected chi connectivity index (χ3v) is 5.26. The van der Waals surface area contributed by atoms with Crippen LogP contribution in [-0.2, 0) is 24.4 Å². The van der Waals surface area contributed by atoms with Gasteiger partial charge in [0.25, 0.3) is 0 Å². The summed E-state index contributed by atoms with van der Waals surface area (Å²) >= 11 is 1.64. The Kier molecular flexibility index (Phi) is 4.77. The van der Waals surface area contributed by atoms with Crippen molar-refractivity contribution in [3.63, 3.8) is 0 Å². The van der Waals surface area contributed by atoms with Crippen molar-refractivity contribution in [2.45, 2.75) is 25.7 Å². The van der Waals surface area contributed by atoms with Crippen molar-refractivity contribution in [2.75, 3.05) is 13.6 Å². The van der Waals surface area contributed by atoms with Gasteiger partial charge in [0.15, 0.2) is 0 Å². The molecule has 0 saturated heterocycles. The maximum atomic E-state index is 13.1. The Morgan fingerprint density at radius 3 is 2.96 bits per heavy atom. The smallest absolute Gasteiger partial charge is 0.248 e. The van der Waals surface area contributed by atoms with E-state index >= 15 is 0 Å². The molecule has 1 amide bonds. The molecule has 0 saturated carbocycles. The number of pyridine rings is 1. The molecule has 0 fully saturated rings. The largest absolute Gasteiger partial charge is 0.338 e. The molecule has 7 nitrogen and oxygen atoms in total. The Morgan fingerprint density at radius 2 is 2.19 bits per heavy atom. The predicted octanol–water partition coefficient (Wildman–Crippen LogP) is 1.95. The van der Waals surface area contributed by atoms with Crippen LogP contribution < -0.4 is 0 Å². The molecule has 3 aromatic heterocycles. The Morgan fingerprint density at radius 1 is 1.27 bits per heavy atom. The van der Waals surface area contributed by atoms with E-state index in [0.717, 1.165) is 29.5 Å². The SMILES string of the molecule is CN(Cc1ccccn1)C(=O)C1CN(Cc2nccs2)Cc2ccnn21. The van der Waals surface area contributed by atoms with Crippen LogP contribution in [0.5, 0.6) is 0 Å². The van der Waals surface area contributed by atoms with E-state index < -0.39 is 0 Å². The van der Waals surface area contributed by atoms with Gasteiger partial charge in [-0.2, -0.15) is 5.10 Å². The topological polar surface area (TPSA) is 67.2 Å². The van der Waals surface area contributed by atoms with Crippen LogP contribution in [0.25, 0.3) is 0 Å². The first kappa shape index (κ1) is 16.9. The number of likely N-dealkylation sites (N-methyl/N-ethyl adjacent to an activating group) is 1. The fourth-order valence-corrected chi connectivity index (χ4v) is 3.91. The second-order valence-corrected chi connectivity index (χ2v) is 7.37. The summed E-state index contributed by atoms with van der Waals surface area (Å²) in [7, 11) is 1.82. The molecule has 1 unspecified atom stereocenters. The number of thiazole rings is 1. The van der Waals surface area contributed by atoms with Crippen molar-refractivity contribution in [3.05, 3.63) is 64.6 Å². The van der Waals surface area contributed by atoms with Gasteiger partial charge in [0.2, 0.25) is 5.91 Å². The number of amides is 1. The van der Waals surface area contributed by atoms with Gasteiger partial charge in [-0.25, -0.2) is 4.98 Å². The average Bonchev–Trinajstić information content (AvgIpc) is 3.33. The molecule has 1 aliphatic heterocycles. The number of hydrogen-bond donors (Lipinski definition) is 0. The molecular weight excluding hydrogens is 348 g/mol. The third kappa shape index (κ3) is 3.51. The Balaban J connectivity index is 1.51. The van der Waals surface area contributed by atoms with Gasteiger partial charge in [0.05, 0.1) is 24.5 Å². The molecule has 0 N–H and O–H groups in total. The summed E-state index contributed by atoms with van der Waals surface area (Å²) in [5.41, 5.74) is 1.93. The van der Waals surface area contributed by atoms with E-state index in [4.69, 9.17) is 0 Å². The van der Waals surface area contributed by atoms with Crippen LogP contribution in [0.15, 0.2) is 48.2 Å². The number of fused-ring (bicyclic) bond motifs is 1. The van der Waals surface area contributed by atoms with Gasteiger partial charge in [-0.15, -0.1) is 11.3 Å². The van der Waals surface area contributed by atoms with Crippen LogP contribution in [-0.4, -0.2) is 49.0 Å². The van der Waals surface area contributed by atoms with Crippen LogP contribution in [0.1, 0.15) is 22.4 Å². The molecule has 4 rings (SSSR count). The molecule has 0 radical (unpaired) electrons. The van der Waals surface area contributed by atoms with E-state index in [0.29, 0.717) is 13.1 Å². The summed E-state index contributed by atoms with van der Waals surface area (Å²) < 4.78 is 1.86. The molecule has 1 aliphatic rings. The minimum Gasteiger partial charge on any atom is -0.338 e. The second kappa shape index (κ2) is 7.35. The summed E-state index contributed by atoms with van der Waals surface area (Å²) in [6.45, 7) is 2.63. The van der Waals surface area contributed by atoms with Gasteiger partial charge in [0.1, 0.15) is 11.0 Å². The highest BCUT2D eigenvalue weighted by atomic mass is 32.1. The molecule has 134 valence electrons. The van der Waals surface area contributed by atoms with Gasteiger partial charge in [-0.05, 0) is 18.2 Å². The van der Waals surface area contributed by atoms with Crippen LogP contribution in [0.2, 0.25) is 0 Å². The summed E-state index contributed by atoms with van der Waals surface area (Å²) in [5.74, 6) is 0.0458. The Hall–Kier alpha value is -2.58. The first-order valence-electron chi connectivity index (χ1n) is 8.48. The standard InChI is InChI=1S/C18H20N6OS/c1-22(10-14-4-2-3-6-19-14)18(25)16-12-23(13-17-20-8-9-26-17)11-15-5-7-21-24(15)16/h2-9,16H,10-13H2,1H3. The normalized spacial score (nSPS) is 17.0. The Bertz CT molecular complexity index is 863. The van der Waals surface area contributed by atoms with Crippen molar-refractivity contribution in [1.29, 1.82) is 0 Å². The molecule has 0 aliphatic carbocycles. The second-order valence-electron chi connectivity index (χ2n) is 6.39. The number of rotatable bonds is 5. The van der Waals surface area contributed by atoms with E-state index in [9.17, 15) is 4.79 Å². The van der Waals surface area contributed by atoms with Gasteiger partial charge >= 0.3 is 0 Å². The molecule has 1 atom stereocenters. The fourth-order valence-electron chi connectivity index (χ4n) is 3.26. The highest BCUT2D eigenvalue weighted by Gasteiger charge is 2.33. The van der Waals surface area contributed by atoms with E-state index in [2.05, 4.69) is 20.0 Å². The lowest BCUT2D eigenvalue weighted by Crippen LogP contribution is -2.45. The number of carbonyl (C=O) groups is 1. The van der Waals surface area contributed by atoms with Gasteiger partial charge in [0, 0.05) is 44.1 Å². The van der Waals surface area contributed by atoms with Crippen molar-refractivity contribution in [1.82, 2.24) is 29.5 Å². The lowest BCUT2D eigenvalue weighted by atomic mass is 10.1. The summed E-state index contributed by atoms with van der Waals surface area (Å²) in [4.78, 5) is 25.8. The minimum atomic E-state index is -0.331. The van der Waals surface area contributed by atoms with E-state index in [1.807, 2.05) is 47.6 Å². The fraction of sp³-hybridized carbons (Fsp3) is 0.333. The summed E-state index contributed by atoms with van der Waals surface area (Å²) in [5, 5.41) is 7.43. The summed E-state index contributed by atoms with van der Waals surface area (Å²) in [6, 6.07) is 7.38. The van der Waals surface area contributed by atoms with Crippen LogP contribution >= 0.6 is 11.3 Å². The van der Waals surface area contributed by atoms with E-state index in [1.54, 1.807) is 28.6 Å². The highest BCUT2D eigenvalue weighted by molar-refractivity contribution is 7.09. The predicted molar refractivity (Wildman–Crippen MR) is 98.2 cm³/mol. The van der Waals surface area contributed by atoms with Crippen molar-refractivity contribution in [2.24, 2.45) is 0 Å². The maximum absolute atomic E-state index is 13.1. The van der Waals surface area contributed by atoms with E-state index in [-0.39, 0.29) is 11.9 Å². The molecular formula is C18H20N6OS. The number of nitrogens with zero attached hydrogens (tertiary/aromatic N) is 6.